The van der Waals surface area contributed by atoms with Gasteiger partial charge in [-0.2, -0.15) is 0 Å². The van der Waals surface area contributed by atoms with E-state index in [2.05, 4.69) is 13.5 Å². The van der Waals surface area contributed by atoms with E-state index >= 15 is 0 Å². The molecule has 0 spiro atoms. The van der Waals surface area contributed by atoms with Crippen molar-refractivity contribution in [3.63, 3.8) is 0 Å². The third-order valence-corrected chi connectivity index (χ3v) is 3.42. The fourth-order valence-corrected chi connectivity index (χ4v) is 2.02. The topological polar surface area (TPSA) is 46.5 Å². The molecule has 0 saturated heterocycles. The van der Waals surface area contributed by atoms with Crippen LogP contribution < -0.4 is 0 Å². The zero-order valence-corrected chi connectivity index (χ0v) is 13.4. The number of carbonyl (C=O) groups is 1. The van der Waals surface area contributed by atoms with Gasteiger partial charge in [0.25, 0.3) is 0 Å². The first kappa shape index (κ1) is 18.9. The van der Waals surface area contributed by atoms with Gasteiger partial charge in [0.05, 0.1) is 12.7 Å². The fraction of sp³-hybridized carbons (Fsp3) is 0.706. The van der Waals surface area contributed by atoms with Gasteiger partial charge >= 0.3 is 5.97 Å². The van der Waals surface area contributed by atoms with Crippen LogP contribution in [-0.4, -0.2) is 23.8 Å². The second-order valence-electron chi connectivity index (χ2n) is 5.68. The van der Waals surface area contributed by atoms with Gasteiger partial charge in [-0.1, -0.05) is 31.1 Å². The van der Waals surface area contributed by atoms with Crippen LogP contribution >= 0.6 is 0 Å². The minimum Gasteiger partial charge on any atom is -0.463 e. The van der Waals surface area contributed by atoms with E-state index in [1.54, 1.807) is 6.08 Å². The summed E-state index contributed by atoms with van der Waals surface area (Å²) < 4.78 is 4.88. The number of hydrogen-bond donors (Lipinski definition) is 1. The number of ether oxygens (including phenoxy) is 1. The van der Waals surface area contributed by atoms with Crippen molar-refractivity contribution in [3.8, 4) is 0 Å². The molecule has 0 saturated carbocycles. The summed E-state index contributed by atoms with van der Waals surface area (Å²) in [5, 5.41) is 9.68. The summed E-state index contributed by atoms with van der Waals surface area (Å²) in [5.74, 6) is 0.335. The molecule has 0 rings (SSSR count). The Morgan fingerprint density at radius 3 is 2.50 bits per heavy atom. The average molecular weight is 282 g/mol. The van der Waals surface area contributed by atoms with Crippen LogP contribution in [0.5, 0.6) is 0 Å². The van der Waals surface area contributed by atoms with Crippen LogP contribution in [0.15, 0.2) is 23.8 Å². The number of hydrogen-bond acceptors (Lipinski definition) is 3. The van der Waals surface area contributed by atoms with E-state index in [1.807, 2.05) is 20.8 Å². The molecule has 0 amide bonds. The minimum atomic E-state index is -0.372. The predicted octanol–water partition coefficient (Wildman–Crippen LogP) is 4.02. The molecular weight excluding hydrogens is 252 g/mol. The maximum Gasteiger partial charge on any atom is 0.330 e. The largest absolute Gasteiger partial charge is 0.463 e. The summed E-state index contributed by atoms with van der Waals surface area (Å²) in [4.78, 5) is 11.3. The van der Waals surface area contributed by atoms with Crippen molar-refractivity contribution in [2.75, 3.05) is 6.61 Å². The molecule has 0 aliphatic rings. The van der Waals surface area contributed by atoms with Gasteiger partial charge in [-0.3, -0.25) is 0 Å². The monoisotopic (exact) mass is 282 g/mol. The summed E-state index contributed by atoms with van der Waals surface area (Å²) >= 11 is 0. The van der Waals surface area contributed by atoms with E-state index in [0.29, 0.717) is 12.5 Å². The zero-order valence-electron chi connectivity index (χ0n) is 13.4. The average Bonchev–Trinajstić information content (AvgIpc) is 2.35. The van der Waals surface area contributed by atoms with Gasteiger partial charge in [0.2, 0.25) is 0 Å². The van der Waals surface area contributed by atoms with Crippen molar-refractivity contribution < 1.29 is 14.6 Å². The molecule has 0 aliphatic heterocycles. The molecular formula is C17H30O3. The highest BCUT2D eigenvalue weighted by atomic mass is 16.5. The van der Waals surface area contributed by atoms with E-state index in [-0.39, 0.29) is 12.1 Å². The quantitative estimate of drug-likeness (QED) is 0.374. The van der Waals surface area contributed by atoms with Crippen LogP contribution in [0, 0.1) is 5.92 Å². The Bertz CT molecular complexity index is 331. The fourth-order valence-electron chi connectivity index (χ4n) is 2.02. The van der Waals surface area contributed by atoms with E-state index in [0.717, 1.165) is 43.3 Å². The third-order valence-electron chi connectivity index (χ3n) is 3.42. The Hall–Kier alpha value is -1.09. The van der Waals surface area contributed by atoms with Gasteiger partial charge in [-0.15, -0.1) is 0 Å². The van der Waals surface area contributed by atoms with Crippen LogP contribution in [0.25, 0.3) is 0 Å². The summed E-state index contributed by atoms with van der Waals surface area (Å²) in [6.45, 7) is 12.0. The standard InChI is InChI=1S/C17H30O3/c1-6-20-17(19)12-15(5)9-7-8-14(4)10-11-16(18)13(2)3/h12,14,16,18H,2,6-11H2,1,3-5H3. The molecule has 20 heavy (non-hydrogen) atoms. The molecule has 0 aromatic heterocycles. The zero-order chi connectivity index (χ0) is 15.5. The number of rotatable bonds is 10. The van der Waals surface area contributed by atoms with Crippen LogP contribution in [0.1, 0.15) is 59.8 Å². The van der Waals surface area contributed by atoms with Gasteiger partial charge in [-0.05, 0) is 52.4 Å². The Balaban J connectivity index is 3.83. The smallest absolute Gasteiger partial charge is 0.330 e. The molecule has 0 aliphatic carbocycles. The normalized spacial score (nSPS) is 14.8. The van der Waals surface area contributed by atoms with Crippen molar-refractivity contribution in [3.05, 3.63) is 23.8 Å². The van der Waals surface area contributed by atoms with Crippen LogP contribution in [-0.2, 0) is 9.53 Å². The van der Waals surface area contributed by atoms with Gasteiger partial charge < -0.3 is 9.84 Å². The predicted molar refractivity (Wildman–Crippen MR) is 83.5 cm³/mol. The summed E-state index contributed by atoms with van der Waals surface area (Å²) in [6.07, 6.45) is 6.10. The summed E-state index contributed by atoms with van der Waals surface area (Å²) in [7, 11) is 0. The Morgan fingerprint density at radius 2 is 1.95 bits per heavy atom. The first-order chi connectivity index (χ1) is 9.36. The summed E-state index contributed by atoms with van der Waals surface area (Å²) in [5.41, 5.74) is 1.91. The van der Waals surface area contributed by atoms with E-state index < -0.39 is 0 Å². The number of carbonyl (C=O) groups excluding carboxylic acids is 1. The molecule has 1 N–H and O–H groups in total. The first-order valence-corrected chi connectivity index (χ1v) is 7.54. The van der Waals surface area contributed by atoms with Crippen LogP contribution in [0.2, 0.25) is 0 Å². The van der Waals surface area contributed by atoms with Gasteiger partial charge in [0.15, 0.2) is 0 Å². The highest BCUT2D eigenvalue weighted by molar-refractivity contribution is 5.82. The maximum absolute atomic E-state index is 11.3. The number of aliphatic hydroxyl groups excluding tert-OH is 1. The molecule has 0 radical (unpaired) electrons. The van der Waals surface area contributed by atoms with Crippen molar-refractivity contribution in [2.24, 2.45) is 5.92 Å². The molecule has 0 aromatic rings. The number of esters is 1. The molecule has 2 unspecified atom stereocenters. The van der Waals surface area contributed by atoms with Crippen molar-refractivity contribution in [1.29, 1.82) is 0 Å². The Morgan fingerprint density at radius 1 is 1.30 bits per heavy atom. The lowest BCUT2D eigenvalue weighted by Crippen LogP contribution is -2.09. The molecule has 3 heteroatoms. The Kier molecular flexibility index (Phi) is 10.1. The second-order valence-corrected chi connectivity index (χ2v) is 5.68. The Labute approximate surface area is 123 Å². The molecule has 116 valence electrons. The number of aliphatic hydroxyl groups is 1. The molecule has 0 fully saturated rings. The first-order valence-electron chi connectivity index (χ1n) is 7.54. The molecule has 3 nitrogen and oxygen atoms in total. The van der Waals surface area contributed by atoms with Gasteiger partial charge in [-0.25, -0.2) is 4.79 Å². The molecule has 0 bridgehead atoms. The lowest BCUT2D eigenvalue weighted by Gasteiger charge is -2.14. The van der Waals surface area contributed by atoms with Crippen LogP contribution in [0.3, 0.4) is 0 Å². The second kappa shape index (κ2) is 10.7. The summed E-state index contributed by atoms with van der Waals surface area (Å²) in [6, 6.07) is 0. The van der Waals surface area contributed by atoms with Crippen LogP contribution in [0.4, 0.5) is 0 Å². The van der Waals surface area contributed by atoms with Crippen molar-refractivity contribution in [1.82, 2.24) is 0 Å². The maximum atomic E-state index is 11.3. The van der Waals surface area contributed by atoms with Crippen molar-refractivity contribution in [2.45, 2.75) is 65.9 Å². The van der Waals surface area contributed by atoms with Crippen molar-refractivity contribution >= 4 is 5.97 Å². The number of allylic oxidation sites excluding steroid dienone is 1. The van der Waals surface area contributed by atoms with E-state index in [1.165, 1.54) is 0 Å². The highest BCUT2D eigenvalue weighted by Crippen LogP contribution is 2.19. The minimum absolute atomic E-state index is 0.248. The third kappa shape index (κ3) is 9.79. The van der Waals surface area contributed by atoms with E-state index in [4.69, 9.17) is 4.74 Å². The molecule has 0 heterocycles. The molecule has 0 aromatic carbocycles. The highest BCUT2D eigenvalue weighted by Gasteiger charge is 2.08. The molecule has 2 atom stereocenters. The lowest BCUT2D eigenvalue weighted by atomic mass is 9.94. The lowest BCUT2D eigenvalue weighted by molar-refractivity contribution is -0.137. The van der Waals surface area contributed by atoms with E-state index in [9.17, 15) is 9.90 Å². The van der Waals surface area contributed by atoms with Gasteiger partial charge in [0, 0.05) is 6.08 Å². The van der Waals surface area contributed by atoms with Gasteiger partial charge in [0.1, 0.15) is 0 Å². The SMILES string of the molecule is C=C(C)C(O)CCC(C)CCCC(C)=CC(=O)OCC.